The number of hydrogen-bond donors (Lipinski definition) is 3. The molecule has 1 atom stereocenters. The number of nitrogens with zero attached hydrogens (tertiary/aromatic N) is 1. The number of benzene rings is 1. The Bertz CT molecular complexity index is 499. The van der Waals surface area contributed by atoms with E-state index in [0.717, 1.165) is 5.56 Å². The number of hydrogen-bond acceptors (Lipinski definition) is 4. The van der Waals surface area contributed by atoms with Gasteiger partial charge in [0.1, 0.15) is 6.04 Å². The monoisotopic (exact) mass is 361 g/mol. The van der Waals surface area contributed by atoms with Gasteiger partial charge in [-0.1, -0.05) is 12.1 Å². The van der Waals surface area contributed by atoms with Crippen LogP contribution in [0.5, 0.6) is 0 Å². The predicted molar refractivity (Wildman–Crippen MR) is 97.1 cm³/mol. The molecular formula is C15H24ClN3O3S. The maximum Gasteiger partial charge on any atom is 0.326 e. The highest BCUT2D eigenvalue weighted by molar-refractivity contribution is 7.98. The van der Waals surface area contributed by atoms with Crippen LogP contribution in [0.2, 0.25) is 0 Å². The van der Waals surface area contributed by atoms with Gasteiger partial charge in [0.05, 0.1) is 0 Å². The van der Waals surface area contributed by atoms with Crippen LogP contribution in [0.1, 0.15) is 18.9 Å². The number of amides is 2. The molecule has 2 amide bonds. The van der Waals surface area contributed by atoms with Crippen molar-refractivity contribution in [3.63, 3.8) is 0 Å². The molecule has 0 radical (unpaired) electrons. The molecule has 0 spiro atoms. The summed E-state index contributed by atoms with van der Waals surface area (Å²) < 4.78 is 0. The molecule has 0 heterocycles. The average molecular weight is 362 g/mol. The molecule has 0 aliphatic rings. The smallest absolute Gasteiger partial charge is 0.326 e. The Morgan fingerprint density at radius 2 is 1.96 bits per heavy atom. The molecule has 8 heteroatoms. The number of nitrogens with two attached hydrogens (primary N) is 1. The van der Waals surface area contributed by atoms with Gasteiger partial charge in [0.25, 0.3) is 0 Å². The second-order valence-corrected chi connectivity index (χ2v) is 5.86. The topological polar surface area (TPSA) is 95.7 Å². The van der Waals surface area contributed by atoms with Crippen LogP contribution in [0.25, 0.3) is 0 Å². The van der Waals surface area contributed by atoms with Crippen LogP contribution < -0.4 is 11.1 Å². The summed E-state index contributed by atoms with van der Waals surface area (Å²) in [5, 5.41) is 11.8. The van der Waals surface area contributed by atoms with Gasteiger partial charge in [0, 0.05) is 18.8 Å². The number of carboxylic acid groups (broad SMARTS) is 1. The summed E-state index contributed by atoms with van der Waals surface area (Å²) in [6, 6.07) is 6.04. The summed E-state index contributed by atoms with van der Waals surface area (Å²) in [7, 11) is 0. The number of rotatable bonds is 8. The summed E-state index contributed by atoms with van der Waals surface area (Å²) in [5.74, 6) is -0.327. The van der Waals surface area contributed by atoms with Crippen LogP contribution in [0, 0.1) is 0 Å². The molecule has 0 unspecified atom stereocenters. The van der Waals surface area contributed by atoms with E-state index in [-0.39, 0.29) is 18.4 Å². The Balaban J connectivity index is 0.00000484. The summed E-state index contributed by atoms with van der Waals surface area (Å²) in [6.07, 6.45) is 2.31. The molecule has 0 saturated carbocycles. The minimum absolute atomic E-state index is 0. The first-order valence-corrected chi connectivity index (χ1v) is 8.48. The van der Waals surface area contributed by atoms with Gasteiger partial charge < -0.3 is 21.1 Å². The minimum atomic E-state index is -1.01. The zero-order valence-corrected chi connectivity index (χ0v) is 15.0. The predicted octanol–water partition coefficient (Wildman–Crippen LogP) is 2.43. The lowest BCUT2D eigenvalue weighted by Gasteiger charge is -2.24. The van der Waals surface area contributed by atoms with E-state index in [1.54, 1.807) is 28.8 Å². The number of carbonyl (C=O) groups excluding carboxylic acids is 1. The van der Waals surface area contributed by atoms with E-state index in [1.807, 2.05) is 25.3 Å². The van der Waals surface area contributed by atoms with Crippen molar-refractivity contribution in [3.8, 4) is 0 Å². The van der Waals surface area contributed by atoms with Crippen molar-refractivity contribution < 1.29 is 14.7 Å². The highest BCUT2D eigenvalue weighted by Gasteiger charge is 2.22. The average Bonchev–Trinajstić information content (AvgIpc) is 2.50. The number of thioether (sulfide) groups is 1. The largest absolute Gasteiger partial charge is 0.480 e. The zero-order valence-electron chi connectivity index (χ0n) is 13.3. The molecule has 1 rings (SSSR count). The molecule has 0 bridgehead atoms. The van der Waals surface area contributed by atoms with Crippen molar-refractivity contribution in [3.05, 3.63) is 29.8 Å². The van der Waals surface area contributed by atoms with Crippen LogP contribution >= 0.6 is 24.2 Å². The number of carbonyl (C=O) groups is 2. The molecule has 1 aromatic rings. The second-order valence-electron chi connectivity index (χ2n) is 4.88. The number of urea groups is 1. The molecule has 6 nitrogen and oxygen atoms in total. The van der Waals surface area contributed by atoms with Gasteiger partial charge in [-0.05, 0) is 43.0 Å². The van der Waals surface area contributed by atoms with E-state index in [0.29, 0.717) is 31.0 Å². The Hall–Kier alpha value is -1.60. The third-order valence-electron chi connectivity index (χ3n) is 3.23. The SMILES string of the molecule is CCN(Cc1ccc(N)cc1)C(=O)N[C@@H](CCSC)C(=O)O.Cl. The Kier molecular flexibility index (Phi) is 10.2. The van der Waals surface area contributed by atoms with Gasteiger partial charge >= 0.3 is 12.0 Å². The summed E-state index contributed by atoms with van der Waals surface area (Å²) in [6.45, 7) is 2.76. The summed E-state index contributed by atoms with van der Waals surface area (Å²) in [4.78, 5) is 25.0. The first-order valence-electron chi connectivity index (χ1n) is 7.09. The lowest BCUT2D eigenvalue weighted by atomic mass is 10.2. The van der Waals surface area contributed by atoms with Crippen molar-refractivity contribution in [2.75, 3.05) is 24.3 Å². The van der Waals surface area contributed by atoms with Gasteiger partial charge in [-0.2, -0.15) is 11.8 Å². The fraction of sp³-hybridized carbons (Fsp3) is 0.467. The van der Waals surface area contributed by atoms with Gasteiger partial charge in [-0.25, -0.2) is 9.59 Å². The van der Waals surface area contributed by atoms with Crippen molar-refractivity contribution >= 4 is 41.9 Å². The van der Waals surface area contributed by atoms with Crippen LogP contribution in [0.15, 0.2) is 24.3 Å². The maximum atomic E-state index is 12.2. The number of aliphatic carboxylic acids is 1. The Labute approximate surface area is 147 Å². The molecule has 23 heavy (non-hydrogen) atoms. The number of halogens is 1. The molecular weight excluding hydrogens is 338 g/mol. The first-order chi connectivity index (χ1) is 10.5. The standard InChI is InChI=1S/C15H23N3O3S.ClH/c1-3-18(10-11-4-6-12(16)7-5-11)15(21)17-13(14(19)20)8-9-22-2;/h4-7,13H,3,8-10,16H2,1-2H3,(H,17,21)(H,19,20);1H/t13-;/m0./s1. The minimum Gasteiger partial charge on any atom is -0.480 e. The molecule has 0 aromatic heterocycles. The fourth-order valence-corrected chi connectivity index (χ4v) is 2.38. The zero-order chi connectivity index (χ0) is 16.5. The summed E-state index contributed by atoms with van der Waals surface area (Å²) in [5.41, 5.74) is 7.25. The number of anilines is 1. The third kappa shape index (κ3) is 7.47. The highest BCUT2D eigenvalue weighted by Crippen LogP contribution is 2.09. The highest BCUT2D eigenvalue weighted by atomic mass is 35.5. The number of carboxylic acids is 1. The van der Waals surface area contributed by atoms with Gasteiger partial charge in [0.15, 0.2) is 0 Å². The van der Waals surface area contributed by atoms with Gasteiger partial charge in [-0.3, -0.25) is 0 Å². The van der Waals surface area contributed by atoms with Crippen LogP contribution in [0.3, 0.4) is 0 Å². The van der Waals surface area contributed by atoms with Gasteiger partial charge in [-0.15, -0.1) is 12.4 Å². The molecule has 130 valence electrons. The number of nitrogens with one attached hydrogen (secondary N) is 1. The Morgan fingerprint density at radius 1 is 1.35 bits per heavy atom. The summed E-state index contributed by atoms with van der Waals surface area (Å²) >= 11 is 1.55. The quantitative estimate of drug-likeness (QED) is 0.618. The van der Waals surface area contributed by atoms with E-state index in [1.165, 1.54) is 0 Å². The van der Waals surface area contributed by atoms with Crippen molar-refractivity contribution in [1.29, 1.82) is 0 Å². The van der Waals surface area contributed by atoms with Crippen molar-refractivity contribution in [2.24, 2.45) is 0 Å². The molecule has 0 aliphatic carbocycles. The molecule has 1 aromatic carbocycles. The lowest BCUT2D eigenvalue weighted by Crippen LogP contribution is -2.47. The van der Waals surface area contributed by atoms with Gasteiger partial charge in [0.2, 0.25) is 0 Å². The Morgan fingerprint density at radius 3 is 2.43 bits per heavy atom. The normalized spacial score (nSPS) is 11.2. The van der Waals surface area contributed by atoms with E-state index in [4.69, 9.17) is 10.8 Å². The molecule has 4 N–H and O–H groups in total. The molecule has 0 fully saturated rings. The number of nitrogen functional groups attached to an aromatic ring is 1. The van der Waals surface area contributed by atoms with Crippen LogP contribution in [0.4, 0.5) is 10.5 Å². The second kappa shape index (κ2) is 11.0. The van der Waals surface area contributed by atoms with E-state index in [9.17, 15) is 9.59 Å². The van der Waals surface area contributed by atoms with Crippen molar-refractivity contribution in [1.82, 2.24) is 10.2 Å². The maximum absolute atomic E-state index is 12.2. The first kappa shape index (κ1) is 21.4. The fourth-order valence-electron chi connectivity index (χ4n) is 1.90. The third-order valence-corrected chi connectivity index (χ3v) is 3.87. The van der Waals surface area contributed by atoms with E-state index >= 15 is 0 Å². The van der Waals surface area contributed by atoms with Crippen LogP contribution in [-0.2, 0) is 11.3 Å². The van der Waals surface area contributed by atoms with Crippen LogP contribution in [-0.4, -0.2) is 46.6 Å². The lowest BCUT2D eigenvalue weighted by molar-refractivity contribution is -0.139. The van der Waals surface area contributed by atoms with E-state index < -0.39 is 12.0 Å². The molecule has 0 aliphatic heterocycles. The van der Waals surface area contributed by atoms with Crippen molar-refractivity contribution in [2.45, 2.75) is 25.9 Å². The van der Waals surface area contributed by atoms with E-state index in [2.05, 4.69) is 5.32 Å². The molecule has 0 saturated heterocycles.